The molecule has 0 aliphatic rings. The first-order valence-corrected chi connectivity index (χ1v) is 7.67. The lowest BCUT2D eigenvalue weighted by Crippen LogP contribution is -2.32. The molecule has 122 valence electrons. The predicted molar refractivity (Wildman–Crippen MR) is 86.9 cm³/mol. The van der Waals surface area contributed by atoms with E-state index < -0.39 is 0 Å². The summed E-state index contributed by atoms with van der Waals surface area (Å²) in [5, 5.41) is 2.99. The van der Waals surface area contributed by atoms with Crippen LogP contribution in [0.2, 0.25) is 0 Å². The van der Waals surface area contributed by atoms with E-state index >= 15 is 0 Å². The number of hydrogen-bond acceptors (Lipinski definition) is 3. The zero-order valence-electron chi connectivity index (χ0n) is 13.5. The number of hydrogen-bond donors (Lipinski definition) is 1. The van der Waals surface area contributed by atoms with Crippen LogP contribution in [0, 0.1) is 11.7 Å². The number of carbonyl (C=O) groups is 1. The van der Waals surface area contributed by atoms with E-state index in [2.05, 4.69) is 10.3 Å². The number of carbonyl (C=O) groups excluding carboxylic acids is 1. The van der Waals surface area contributed by atoms with Crippen LogP contribution in [-0.4, -0.2) is 17.5 Å². The second-order valence-electron chi connectivity index (χ2n) is 5.54. The molecule has 0 saturated heterocycles. The summed E-state index contributed by atoms with van der Waals surface area (Å²) >= 11 is 0. The molecule has 1 atom stereocenters. The number of nitrogens with one attached hydrogen (secondary N) is 1. The van der Waals surface area contributed by atoms with E-state index in [9.17, 15) is 9.18 Å². The SMILES string of the molecule is CCOc1ncccc1C(=O)NC(c1ccc(F)cc1)C(C)C. The molecule has 5 heteroatoms. The van der Waals surface area contributed by atoms with E-state index in [0.717, 1.165) is 5.56 Å². The van der Waals surface area contributed by atoms with Crippen LogP contribution in [0.15, 0.2) is 42.6 Å². The Kier molecular flexibility index (Phi) is 5.68. The van der Waals surface area contributed by atoms with Crippen molar-refractivity contribution in [3.8, 4) is 5.88 Å². The Balaban J connectivity index is 2.23. The molecule has 0 aliphatic heterocycles. The Morgan fingerprint density at radius 2 is 1.96 bits per heavy atom. The van der Waals surface area contributed by atoms with Gasteiger partial charge in [0.05, 0.1) is 12.6 Å². The summed E-state index contributed by atoms with van der Waals surface area (Å²) in [6.45, 7) is 6.27. The molecule has 1 amide bonds. The van der Waals surface area contributed by atoms with Crippen LogP contribution in [0.1, 0.15) is 42.7 Å². The largest absolute Gasteiger partial charge is 0.477 e. The van der Waals surface area contributed by atoms with Crippen LogP contribution in [-0.2, 0) is 0 Å². The zero-order chi connectivity index (χ0) is 16.8. The minimum absolute atomic E-state index is 0.150. The summed E-state index contributed by atoms with van der Waals surface area (Å²) in [7, 11) is 0. The van der Waals surface area contributed by atoms with Gasteiger partial charge in [-0.05, 0) is 42.7 Å². The van der Waals surface area contributed by atoms with Gasteiger partial charge in [0.1, 0.15) is 11.4 Å². The highest BCUT2D eigenvalue weighted by Crippen LogP contribution is 2.23. The lowest BCUT2D eigenvalue weighted by Gasteiger charge is -2.23. The van der Waals surface area contributed by atoms with Crippen LogP contribution in [0.4, 0.5) is 4.39 Å². The number of nitrogens with zero attached hydrogens (tertiary/aromatic N) is 1. The molecule has 0 fully saturated rings. The predicted octanol–water partition coefficient (Wildman–Crippen LogP) is 3.75. The molecule has 0 bridgehead atoms. The smallest absolute Gasteiger partial charge is 0.257 e. The molecule has 1 N–H and O–H groups in total. The quantitative estimate of drug-likeness (QED) is 0.883. The van der Waals surface area contributed by atoms with Crippen molar-refractivity contribution in [2.24, 2.45) is 5.92 Å². The number of halogens is 1. The number of amides is 1. The number of ether oxygens (including phenoxy) is 1. The molecule has 0 radical (unpaired) electrons. The summed E-state index contributed by atoms with van der Waals surface area (Å²) < 4.78 is 18.5. The van der Waals surface area contributed by atoms with Crippen LogP contribution in [0.5, 0.6) is 5.88 Å². The monoisotopic (exact) mass is 316 g/mol. The maximum atomic E-state index is 13.1. The number of pyridine rings is 1. The summed E-state index contributed by atoms with van der Waals surface area (Å²) in [5.41, 5.74) is 1.25. The van der Waals surface area contributed by atoms with Crippen molar-refractivity contribution < 1.29 is 13.9 Å². The molecule has 2 aromatic rings. The Labute approximate surface area is 135 Å². The minimum Gasteiger partial charge on any atom is -0.477 e. The van der Waals surface area contributed by atoms with Gasteiger partial charge in [-0.15, -0.1) is 0 Å². The van der Waals surface area contributed by atoms with Crippen molar-refractivity contribution in [2.75, 3.05) is 6.61 Å². The van der Waals surface area contributed by atoms with Gasteiger partial charge >= 0.3 is 0 Å². The lowest BCUT2D eigenvalue weighted by atomic mass is 9.95. The fourth-order valence-corrected chi connectivity index (χ4v) is 2.34. The Morgan fingerprint density at radius 1 is 1.26 bits per heavy atom. The molecule has 1 aromatic carbocycles. The average Bonchev–Trinajstić information content (AvgIpc) is 2.54. The first kappa shape index (κ1) is 16.9. The average molecular weight is 316 g/mol. The van der Waals surface area contributed by atoms with Crippen molar-refractivity contribution >= 4 is 5.91 Å². The third-order valence-electron chi connectivity index (χ3n) is 3.48. The van der Waals surface area contributed by atoms with Crippen molar-refractivity contribution in [3.05, 3.63) is 59.5 Å². The fraction of sp³-hybridized carbons (Fsp3) is 0.333. The highest BCUT2D eigenvalue weighted by Gasteiger charge is 2.21. The summed E-state index contributed by atoms with van der Waals surface area (Å²) in [6.07, 6.45) is 1.58. The third kappa shape index (κ3) is 4.28. The van der Waals surface area contributed by atoms with Crippen molar-refractivity contribution in [1.29, 1.82) is 0 Å². The van der Waals surface area contributed by atoms with E-state index in [4.69, 9.17) is 4.74 Å². The molecule has 1 unspecified atom stereocenters. The van der Waals surface area contributed by atoms with Crippen molar-refractivity contribution in [2.45, 2.75) is 26.8 Å². The van der Waals surface area contributed by atoms with E-state index in [1.54, 1.807) is 30.5 Å². The van der Waals surface area contributed by atoms with E-state index in [-0.39, 0.29) is 23.7 Å². The molecule has 0 saturated carbocycles. The van der Waals surface area contributed by atoms with Crippen LogP contribution in [0.3, 0.4) is 0 Å². The number of benzene rings is 1. The van der Waals surface area contributed by atoms with Gasteiger partial charge in [0.25, 0.3) is 5.91 Å². The van der Waals surface area contributed by atoms with Gasteiger partial charge in [0.2, 0.25) is 5.88 Å². The van der Waals surface area contributed by atoms with Crippen LogP contribution >= 0.6 is 0 Å². The summed E-state index contributed by atoms with van der Waals surface area (Å²) in [4.78, 5) is 16.7. The maximum Gasteiger partial charge on any atom is 0.257 e. The molecular formula is C18H21FN2O2. The Bertz CT molecular complexity index is 656. The second kappa shape index (κ2) is 7.72. The number of aromatic nitrogens is 1. The maximum absolute atomic E-state index is 13.1. The summed E-state index contributed by atoms with van der Waals surface area (Å²) in [6, 6.07) is 9.31. The lowest BCUT2D eigenvalue weighted by molar-refractivity contribution is 0.0921. The molecule has 0 aliphatic carbocycles. The zero-order valence-corrected chi connectivity index (χ0v) is 13.5. The van der Waals surface area contributed by atoms with E-state index in [1.807, 2.05) is 20.8 Å². The highest BCUT2D eigenvalue weighted by atomic mass is 19.1. The first-order chi connectivity index (χ1) is 11.0. The third-order valence-corrected chi connectivity index (χ3v) is 3.48. The minimum atomic E-state index is -0.298. The molecule has 2 rings (SSSR count). The molecule has 23 heavy (non-hydrogen) atoms. The van der Waals surface area contributed by atoms with E-state index in [1.165, 1.54) is 12.1 Å². The van der Waals surface area contributed by atoms with Crippen LogP contribution in [0.25, 0.3) is 0 Å². The van der Waals surface area contributed by atoms with Gasteiger partial charge in [0.15, 0.2) is 0 Å². The van der Waals surface area contributed by atoms with Gasteiger partial charge in [-0.25, -0.2) is 9.37 Å². The Morgan fingerprint density at radius 3 is 2.57 bits per heavy atom. The number of rotatable bonds is 6. The normalized spacial score (nSPS) is 12.0. The van der Waals surface area contributed by atoms with E-state index in [0.29, 0.717) is 18.1 Å². The van der Waals surface area contributed by atoms with Gasteiger partial charge in [-0.2, -0.15) is 0 Å². The Hall–Kier alpha value is -2.43. The first-order valence-electron chi connectivity index (χ1n) is 7.67. The summed E-state index contributed by atoms with van der Waals surface area (Å²) in [5.74, 6) is -0.0937. The highest BCUT2D eigenvalue weighted by molar-refractivity contribution is 5.96. The van der Waals surface area contributed by atoms with Crippen LogP contribution < -0.4 is 10.1 Å². The molecule has 1 heterocycles. The van der Waals surface area contributed by atoms with Crippen molar-refractivity contribution in [3.63, 3.8) is 0 Å². The topological polar surface area (TPSA) is 51.2 Å². The standard InChI is InChI=1S/C18H21FN2O2/c1-4-23-18-15(6-5-11-20-18)17(22)21-16(12(2)3)13-7-9-14(19)10-8-13/h5-12,16H,4H2,1-3H3,(H,21,22). The fourth-order valence-electron chi connectivity index (χ4n) is 2.34. The second-order valence-corrected chi connectivity index (χ2v) is 5.54. The van der Waals surface area contributed by atoms with Gasteiger partial charge in [0, 0.05) is 6.20 Å². The van der Waals surface area contributed by atoms with Gasteiger partial charge < -0.3 is 10.1 Å². The molecule has 0 spiro atoms. The van der Waals surface area contributed by atoms with Crippen molar-refractivity contribution in [1.82, 2.24) is 10.3 Å². The molecule has 1 aromatic heterocycles. The molecular weight excluding hydrogens is 295 g/mol. The van der Waals surface area contributed by atoms with Gasteiger partial charge in [-0.3, -0.25) is 4.79 Å². The molecule has 4 nitrogen and oxygen atoms in total. The van der Waals surface area contributed by atoms with Gasteiger partial charge in [-0.1, -0.05) is 26.0 Å².